The first-order valence-corrected chi connectivity index (χ1v) is 7.91. The minimum Gasteiger partial charge on any atom is -0.494 e. The van der Waals surface area contributed by atoms with E-state index in [-0.39, 0.29) is 6.04 Å². The van der Waals surface area contributed by atoms with Crippen LogP contribution in [-0.2, 0) is 11.3 Å². The van der Waals surface area contributed by atoms with Gasteiger partial charge in [-0.1, -0.05) is 24.3 Å². The van der Waals surface area contributed by atoms with E-state index in [1.165, 1.54) is 0 Å². The topological polar surface area (TPSA) is 67.8 Å². The molecule has 0 spiro atoms. The van der Waals surface area contributed by atoms with E-state index in [1.54, 1.807) is 19.2 Å². The standard InChI is InChI=1S/C19H23NO4/c1-3-24-17-10-8-15(9-11-17)18(13-23-2)20-12-14-4-6-16(7-5-14)19(21)22/h4-11,18,20H,3,12-13H2,1-2H3,(H,21,22). The Labute approximate surface area is 142 Å². The molecule has 128 valence electrons. The highest BCUT2D eigenvalue weighted by Gasteiger charge is 2.11. The summed E-state index contributed by atoms with van der Waals surface area (Å²) in [6.07, 6.45) is 0. The minimum atomic E-state index is -0.916. The van der Waals surface area contributed by atoms with Crippen molar-refractivity contribution in [1.82, 2.24) is 5.32 Å². The lowest BCUT2D eigenvalue weighted by molar-refractivity contribution is 0.0697. The highest BCUT2D eigenvalue weighted by Crippen LogP contribution is 2.19. The lowest BCUT2D eigenvalue weighted by Crippen LogP contribution is -2.24. The van der Waals surface area contributed by atoms with Gasteiger partial charge in [0.2, 0.25) is 0 Å². The van der Waals surface area contributed by atoms with Gasteiger partial charge in [0.15, 0.2) is 0 Å². The van der Waals surface area contributed by atoms with Crippen LogP contribution >= 0.6 is 0 Å². The van der Waals surface area contributed by atoms with Crippen molar-refractivity contribution < 1.29 is 19.4 Å². The Morgan fingerprint density at radius 2 is 1.79 bits per heavy atom. The van der Waals surface area contributed by atoms with Crippen LogP contribution in [0.3, 0.4) is 0 Å². The van der Waals surface area contributed by atoms with Crippen molar-refractivity contribution in [3.63, 3.8) is 0 Å². The maximum absolute atomic E-state index is 10.9. The van der Waals surface area contributed by atoms with Gasteiger partial charge in [0.25, 0.3) is 0 Å². The summed E-state index contributed by atoms with van der Waals surface area (Å²) in [5, 5.41) is 12.4. The number of hydrogen-bond acceptors (Lipinski definition) is 4. The average molecular weight is 329 g/mol. The van der Waals surface area contributed by atoms with Crippen LogP contribution in [0, 0.1) is 0 Å². The van der Waals surface area contributed by atoms with Gasteiger partial charge in [-0.15, -0.1) is 0 Å². The van der Waals surface area contributed by atoms with Crippen LogP contribution in [0.15, 0.2) is 48.5 Å². The van der Waals surface area contributed by atoms with Gasteiger partial charge in [0, 0.05) is 13.7 Å². The van der Waals surface area contributed by atoms with E-state index in [1.807, 2.05) is 43.3 Å². The van der Waals surface area contributed by atoms with E-state index >= 15 is 0 Å². The highest BCUT2D eigenvalue weighted by atomic mass is 16.5. The molecule has 2 N–H and O–H groups in total. The van der Waals surface area contributed by atoms with Crippen LogP contribution in [0.2, 0.25) is 0 Å². The molecular weight excluding hydrogens is 306 g/mol. The zero-order valence-corrected chi connectivity index (χ0v) is 14.0. The second kappa shape index (κ2) is 9.05. The monoisotopic (exact) mass is 329 g/mol. The van der Waals surface area contributed by atoms with Crippen LogP contribution in [0.5, 0.6) is 5.75 Å². The fourth-order valence-corrected chi connectivity index (χ4v) is 2.41. The predicted octanol–water partition coefficient (Wildman–Crippen LogP) is 3.26. The van der Waals surface area contributed by atoms with Crippen LogP contribution in [-0.4, -0.2) is 31.4 Å². The number of ether oxygens (including phenoxy) is 2. The summed E-state index contributed by atoms with van der Waals surface area (Å²) in [4.78, 5) is 10.9. The molecule has 0 bridgehead atoms. The number of carboxylic acid groups (broad SMARTS) is 1. The molecule has 0 fully saturated rings. The number of carboxylic acids is 1. The van der Waals surface area contributed by atoms with Crippen molar-refractivity contribution >= 4 is 5.97 Å². The van der Waals surface area contributed by atoms with Gasteiger partial charge in [-0.3, -0.25) is 0 Å². The molecule has 0 saturated carbocycles. The number of aromatic carboxylic acids is 1. The zero-order valence-electron chi connectivity index (χ0n) is 14.0. The summed E-state index contributed by atoms with van der Waals surface area (Å²) in [7, 11) is 1.67. The molecule has 0 aliphatic rings. The first-order chi connectivity index (χ1) is 11.6. The third-order valence-electron chi connectivity index (χ3n) is 3.68. The Bertz CT molecular complexity index is 637. The zero-order chi connectivity index (χ0) is 17.4. The van der Waals surface area contributed by atoms with E-state index < -0.39 is 5.97 Å². The Kier molecular flexibility index (Phi) is 6.78. The summed E-state index contributed by atoms with van der Waals surface area (Å²) in [6, 6.07) is 14.9. The van der Waals surface area contributed by atoms with Gasteiger partial charge in [-0.2, -0.15) is 0 Å². The fraction of sp³-hybridized carbons (Fsp3) is 0.316. The van der Waals surface area contributed by atoms with E-state index in [0.29, 0.717) is 25.3 Å². The molecule has 0 aliphatic carbocycles. The summed E-state index contributed by atoms with van der Waals surface area (Å²) in [5.74, 6) is -0.0668. The van der Waals surface area contributed by atoms with Crippen LogP contribution in [0.1, 0.15) is 34.5 Å². The second-order valence-corrected chi connectivity index (χ2v) is 5.39. The third kappa shape index (κ3) is 5.08. The largest absolute Gasteiger partial charge is 0.494 e. The van der Waals surface area contributed by atoms with Gasteiger partial charge >= 0.3 is 5.97 Å². The average Bonchev–Trinajstić information content (AvgIpc) is 2.60. The molecule has 2 rings (SSSR count). The van der Waals surface area contributed by atoms with Gasteiger partial charge in [-0.05, 0) is 42.3 Å². The van der Waals surface area contributed by atoms with E-state index in [2.05, 4.69) is 5.32 Å². The number of methoxy groups -OCH3 is 1. The van der Waals surface area contributed by atoms with Crippen molar-refractivity contribution in [1.29, 1.82) is 0 Å². The molecule has 0 saturated heterocycles. The number of nitrogens with one attached hydrogen (secondary N) is 1. The normalized spacial score (nSPS) is 11.9. The number of benzene rings is 2. The van der Waals surface area contributed by atoms with Crippen LogP contribution < -0.4 is 10.1 Å². The lowest BCUT2D eigenvalue weighted by Gasteiger charge is -2.19. The van der Waals surface area contributed by atoms with Crippen molar-refractivity contribution in [2.45, 2.75) is 19.5 Å². The number of carbonyl (C=O) groups is 1. The first kappa shape index (κ1) is 18.0. The van der Waals surface area contributed by atoms with E-state index in [0.717, 1.165) is 16.9 Å². The van der Waals surface area contributed by atoms with Crippen LogP contribution in [0.4, 0.5) is 0 Å². The molecule has 1 atom stereocenters. The van der Waals surface area contributed by atoms with Crippen molar-refractivity contribution in [3.05, 3.63) is 65.2 Å². The molecule has 0 radical (unpaired) electrons. The van der Waals surface area contributed by atoms with Crippen molar-refractivity contribution in [2.75, 3.05) is 20.3 Å². The van der Waals surface area contributed by atoms with Crippen LogP contribution in [0.25, 0.3) is 0 Å². The van der Waals surface area contributed by atoms with Gasteiger partial charge in [0.1, 0.15) is 5.75 Å². The molecule has 0 amide bonds. The lowest BCUT2D eigenvalue weighted by atomic mass is 10.1. The third-order valence-corrected chi connectivity index (χ3v) is 3.68. The maximum Gasteiger partial charge on any atom is 0.335 e. The van der Waals surface area contributed by atoms with E-state index in [9.17, 15) is 4.79 Å². The first-order valence-electron chi connectivity index (χ1n) is 7.91. The Balaban J connectivity index is 2.01. The Hall–Kier alpha value is -2.37. The summed E-state index contributed by atoms with van der Waals surface area (Å²) in [5.41, 5.74) is 2.42. The van der Waals surface area contributed by atoms with Gasteiger partial charge in [-0.25, -0.2) is 4.79 Å². The highest BCUT2D eigenvalue weighted by molar-refractivity contribution is 5.87. The molecule has 1 unspecified atom stereocenters. The maximum atomic E-state index is 10.9. The molecule has 24 heavy (non-hydrogen) atoms. The second-order valence-electron chi connectivity index (χ2n) is 5.39. The van der Waals surface area contributed by atoms with Crippen molar-refractivity contribution in [2.24, 2.45) is 0 Å². The van der Waals surface area contributed by atoms with Gasteiger partial charge in [0.05, 0.1) is 24.8 Å². The molecule has 0 heterocycles. The molecule has 5 heteroatoms. The molecule has 5 nitrogen and oxygen atoms in total. The molecular formula is C19H23NO4. The molecule has 0 aromatic heterocycles. The van der Waals surface area contributed by atoms with Gasteiger partial charge < -0.3 is 19.9 Å². The molecule has 2 aromatic carbocycles. The summed E-state index contributed by atoms with van der Waals surface area (Å²) >= 11 is 0. The predicted molar refractivity (Wildman–Crippen MR) is 92.5 cm³/mol. The fourth-order valence-electron chi connectivity index (χ4n) is 2.41. The Morgan fingerprint density at radius 1 is 1.12 bits per heavy atom. The minimum absolute atomic E-state index is 0.0461. The SMILES string of the molecule is CCOc1ccc(C(COC)NCc2ccc(C(=O)O)cc2)cc1. The quantitative estimate of drug-likeness (QED) is 0.739. The Morgan fingerprint density at radius 3 is 2.33 bits per heavy atom. The summed E-state index contributed by atoms with van der Waals surface area (Å²) < 4.78 is 10.8. The van der Waals surface area contributed by atoms with Crippen molar-refractivity contribution in [3.8, 4) is 5.75 Å². The van der Waals surface area contributed by atoms with E-state index in [4.69, 9.17) is 14.6 Å². The smallest absolute Gasteiger partial charge is 0.335 e. The number of hydrogen-bond donors (Lipinski definition) is 2. The summed E-state index contributed by atoms with van der Waals surface area (Å²) in [6.45, 7) is 3.77. The molecule has 0 aliphatic heterocycles. The molecule has 2 aromatic rings. The number of rotatable bonds is 9.